The lowest BCUT2D eigenvalue weighted by molar-refractivity contribution is 0.410. The van der Waals surface area contributed by atoms with Crippen LogP contribution in [0.1, 0.15) is 11.1 Å². The van der Waals surface area contributed by atoms with Gasteiger partial charge in [0.2, 0.25) is 0 Å². The van der Waals surface area contributed by atoms with Crippen LogP contribution in [0.15, 0.2) is 42.5 Å². The van der Waals surface area contributed by atoms with E-state index in [1.54, 1.807) is 25.3 Å². The monoisotopic (exact) mass is 215 g/mol. The maximum Gasteiger partial charge on any atom is 0.123 e. The third-order valence-electron chi connectivity index (χ3n) is 2.44. The largest absolute Gasteiger partial charge is 0.496 e. The van der Waals surface area contributed by atoms with Crippen molar-refractivity contribution in [2.45, 2.75) is 6.42 Å². The number of methoxy groups -OCH3 is 1. The molecule has 0 spiro atoms. The Hall–Kier alpha value is -1.83. The zero-order chi connectivity index (χ0) is 11.4. The molecule has 0 bridgehead atoms. The number of hydrogen-bond acceptors (Lipinski definition) is 1. The first-order chi connectivity index (χ1) is 7.79. The third kappa shape index (κ3) is 2.40. The standard InChI is InChI=1S/C14H12FO/c1-16-14-5-3-2-4-12(14)10-11-6-8-13(15)9-7-11/h2,4-9H,10H2,1H3. The van der Waals surface area contributed by atoms with Gasteiger partial charge in [-0.1, -0.05) is 24.3 Å². The summed E-state index contributed by atoms with van der Waals surface area (Å²) in [5.74, 6) is 0.601. The molecule has 0 aromatic heterocycles. The van der Waals surface area contributed by atoms with Crippen LogP contribution in [0.25, 0.3) is 0 Å². The molecule has 2 heteroatoms. The summed E-state index contributed by atoms with van der Waals surface area (Å²) in [7, 11) is 1.64. The summed E-state index contributed by atoms with van der Waals surface area (Å²) in [6.45, 7) is 0. The van der Waals surface area contributed by atoms with Gasteiger partial charge in [0, 0.05) is 6.42 Å². The molecule has 0 unspecified atom stereocenters. The van der Waals surface area contributed by atoms with Gasteiger partial charge in [0.25, 0.3) is 0 Å². The minimum Gasteiger partial charge on any atom is -0.496 e. The van der Waals surface area contributed by atoms with E-state index in [0.717, 1.165) is 23.3 Å². The Kier molecular flexibility index (Phi) is 3.20. The van der Waals surface area contributed by atoms with Crippen LogP contribution in [-0.4, -0.2) is 7.11 Å². The van der Waals surface area contributed by atoms with Crippen LogP contribution in [0.3, 0.4) is 0 Å². The summed E-state index contributed by atoms with van der Waals surface area (Å²) in [5.41, 5.74) is 2.14. The van der Waals surface area contributed by atoms with Crippen molar-refractivity contribution in [3.63, 3.8) is 0 Å². The van der Waals surface area contributed by atoms with Gasteiger partial charge in [-0.05, 0) is 35.4 Å². The maximum absolute atomic E-state index is 12.7. The summed E-state index contributed by atoms with van der Waals surface area (Å²) in [6, 6.07) is 15.1. The third-order valence-corrected chi connectivity index (χ3v) is 2.44. The summed E-state index contributed by atoms with van der Waals surface area (Å²) in [4.78, 5) is 0. The van der Waals surface area contributed by atoms with Gasteiger partial charge in [-0.3, -0.25) is 0 Å². The van der Waals surface area contributed by atoms with E-state index in [1.807, 2.05) is 12.1 Å². The Morgan fingerprint density at radius 1 is 1.19 bits per heavy atom. The molecule has 2 aromatic carbocycles. The van der Waals surface area contributed by atoms with Crippen molar-refractivity contribution in [1.29, 1.82) is 0 Å². The molecule has 81 valence electrons. The van der Waals surface area contributed by atoms with Gasteiger partial charge in [-0.25, -0.2) is 4.39 Å². The fourth-order valence-corrected chi connectivity index (χ4v) is 1.61. The Bertz CT molecular complexity index is 462. The second-order valence-corrected chi connectivity index (χ2v) is 3.54. The molecule has 0 atom stereocenters. The van der Waals surface area contributed by atoms with Crippen molar-refractivity contribution in [2.75, 3.05) is 7.11 Å². The van der Waals surface area contributed by atoms with Crippen molar-refractivity contribution in [1.82, 2.24) is 0 Å². The molecule has 0 amide bonds. The lowest BCUT2D eigenvalue weighted by atomic mass is 10.0. The summed E-state index contributed by atoms with van der Waals surface area (Å²) < 4.78 is 18.0. The summed E-state index contributed by atoms with van der Waals surface area (Å²) in [5, 5.41) is 0. The highest BCUT2D eigenvalue weighted by Gasteiger charge is 2.02. The number of ether oxygens (including phenoxy) is 1. The second kappa shape index (κ2) is 4.79. The second-order valence-electron chi connectivity index (χ2n) is 3.54. The molecule has 0 saturated carbocycles. The van der Waals surface area contributed by atoms with E-state index in [2.05, 4.69) is 6.07 Å². The molecule has 0 fully saturated rings. The lowest BCUT2D eigenvalue weighted by Crippen LogP contribution is -1.93. The molecule has 0 N–H and O–H groups in total. The van der Waals surface area contributed by atoms with Crippen molar-refractivity contribution in [3.8, 4) is 5.75 Å². The highest BCUT2D eigenvalue weighted by molar-refractivity contribution is 5.37. The maximum atomic E-state index is 12.7. The zero-order valence-electron chi connectivity index (χ0n) is 9.03. The number of halogens is 1. The first-order valence-corrected chi connectivity index (χ1v) is 5.07. The molecule has 2 aromatic rings. The first-order valence-electron chi connectivity index (χ1n) is 5.07. The van der Waals surface area contributed by atoms with E-state index < -0.39 is 0 Å². The van der Waals surface area contributed by atoms with Crippen LogP contribution in [0, 0.1) is 11.9 Å². The van der Waals surface area contributed by atoms with Gasteiger partial charge in [0.05, 0.1) is 7.11 Å². The smallest absolute Gasteiger partial charge is 0.123 e. The molecular weight excluding hydrogens is 203 g/mol. The van der Waals surface area contributed by atoms with Gasteiger partial charge < -0.3 is 4.74 Å². The normalized spacial score (nSPS) is 10.1. The fourth-order valence-electron chi connectivity index (χ4n) is 1.61. The molecule has 16 heavy (non-hydrogen) atoms. The lowest BCUT2D eigenvalue weighted by Gasteiger charge is -2.07. The summed E-state index contributed by atoms with van der Waals surface area (Å²) in [6.07, 6.45) is 0.734. The van der Waals surface area contributed by atoms with Crippen LogP contribution < -0.4 is 4.74 Å². The molecule has 0 aliphatic carbocycles. The minimum absolute atomic E-state index is 0.211. The minimum atomic E-state index is -0.211. The molecule has 1 radical (unpaired) electrons. The highest BCUT2D eigenvalue weighted by Crippen LogP contribution is 2.20. The van der Waals surface area contributed by atoms with E-state index in [-0.39, 0.29) is 5.82 Å². The van der Waals surface area contributed by atoms with Crippen molar-refractivity contribution in [3.05, 3.63) is 65.5 Å². The topological polar surface area (TPSA) is 9.23 Å². The molecule has 0 aliphatic heterocycles. The van der Waals surface area contributed by atoms with Gasteiger partial charge in [-0.2, -0.15) is 0 Å². The van der Waals surface area contributed by atoms with Crippen molar-refractivity contribution in [2.24, 2.45) is 0 Å². The van der Waals surface area contributed by atoms with Gasteiger partial charge in [-0.15, -0.1) is 0 Å². The Balaban J connectivity index is 2.23. The quantitative estimate of drug-likeness (QED) is 0.763. The Labute approximate surface area is 94.5 Å². The first kappa shape index (κ1) is 10.7. The van der Waals surface area contributed by atoms with Crippen LogP contribution in [-0.2, 0) is 6.42 Å². The Morgan fingerprint density at radius 3 is 2.62 bits per heavy atom. The van der Waals surface area contributed by atoms with E-state index >= 15 is 0 Å². The molecule has 0 saturated heterocycles. The van der Waals surface area contributed by atoms with Gasteiger partial charge in [0.1, 0.15) is 11.6 Å². The predicted molar refractivity (Wildman–Crippen MR) is 61.0 cm³/mol. The van der Waals surface area contributed by atoms with Crippen LogP contribution >= 0.6 is 0 Å². The van der Waals surface area contributed by atoms with Crippen LogP contribution in [0.5, 0.6) is 5.75 Å². The number of benzene rings is 2. The zero-order valence-corrected chi connectivity index (χ0v) is 9.03. The average Bonchev–Trinajstić information content (AvgIpc) is 2.33. The molecule has 1 nitrogen and oxygen atoms in total. The highest BCUT2D eigenvalue weighted by atomic mass is 19.1. The van der Waals surface area contributed by atoms with E-state index in [1.165, 1.54) is 12.1 Å². The van der Waals surface area contributed by atoms with E-state index in [0.29, 0.717) is 0 Å². The van der Waals surface area contributed by atoms with Crippen molar-refractivity contribution >= 4 is 0 Å². The van der Waals surface area contributed by atoms with Crippen LogP contribution in [0.2, 0.25) is 0 Å². The SMILES string of the molecule is COc1c[c]ccc1Cc1ccc(F)cc1. The number of hydrogen-bond donors (Lipinski definition) is 0. The van der Waals surface area contributed by atoms with Crippen molar-refractivity contribution < 1.29 is 9.13 Å². The van der Waals surface area contributed by atoms with Crippen LogP contribution in [0.4, 0.5) is 4.39 Å². The average molecular weight is 215 g/mol. The van der Waals surface area contributed by atoms with E-state index in [9.17, 15) is 4.39 Å². The Morgan fingerprint density at radius 2 is 1.94 bits per heavy atom. The van der Waals surface area contributed by atoms with Gasteiger partial charge in [0.15, 0.2) is 0 Å². The summed E-state index contributed by atoms with van der Waals surface area (Å²) >= 11 is 0. The predicted octanol–water partition coefficient (Wildman–Crippen LogP) is 3.23. The van der Waals surface area contributed by atoms with Gasteiger partial charge >= 0.3 is 0 Å². The van der Waals surface area contributed by atoms with E-state index in [4.69, 9.17) is 4.74 Å². The molecular formula is C14H12FO. The number of rotatable bonds is 3. The molecule has 0 aliphatic rings. The molecule has 2 rings (SSSR count). The fraction of sp³-hybridized carbons (Fsp3) is 0.143. The molecule has 0 heterocycles.